The molecule has 1 unspecified atom stereocenters. The second kappa shape index (κ2) is 5.89. The fourth-order valence-corrected chi connectivity index (χ4v) is 3.44. The highest BCUT2D eigenvalue weighted by Crippen LogP contribution is 2.31. The summed E-state index contributed by atoms with van der Waals surface area (Å²) >= 11 is 6.13. The van der Waals surface area contributed by atoms with Crippen LogP contribution in [0.25, 0.3) is 0 Å². The molecule has 1 aliphatic heterocycles. The Kier molecular flexibility index (Phi) is 4.10. The fraction of sp³-hybridized carbons (Fsp3) is 0.500. The van der Waals surface area contributed by atoms with Crippen molar-refractivity contribution in [3.8, 4) is 0 Å². The maximum atomic E-state index is 12.5. The molecule has 0 radical (unpaired) electrons. The predicted molar refractivity (Wildman–Crippen MR) is 83.8 cm³/mol. The number of benzene rings is 1. The third-order valence-corrected chi connectivity index (χ3v) is 4.83. The molecule has 2 amide bonds. The van der Waals surface area contributed by atoms with Crippen LogP contribution in [-0.4, -0.2) is 35.1 Å². The predicted octanol–water partition coefficient (Wildman–Crippen LogP) is 1.87. The van der Waals surface area contributed by atoms with Crippen LogP contribution in [0.4, 0.5) is 5.69 Å². The first kappa shape index (κ1) is 15.3. The van der Waals surface area contributed by atoms with Gasteiger partial charge in [-0.3, -0.25) is 9.59 Å². The van der Waals surface area contributed by atoms with Crippen LogP contribution >= 0.6 is 11.6 Å². The molecule has 118 valence electrons. The first-order chi connectivity index (χ1) is 10.5. The maximum Gasteiger partial charge on any atom is 0.252 e. The molecular formula is C16H19ClN2O3. The minimum atomic E-state index is -1.31. The van der Waals surface area contributed by atoms with Crippen LogP contribution < -0.4 is 10.2 Å². The first-order valence-electron chi connectivity index (χ1n) is 7.60. The van der Waals surface area contributed by atoms with Crippen LogP contribution in [0.1, 0.15) is 32.1 Å². The van der Waals surface area contributed by atoms with Crippen molar-refractivity contribution in [3.63, 3.8) is 0 Å². The van der Waals surface area contributed by atoms with Crippen molar-refractivity contribution in [1.29, 1.82) is 0 Å². The monoisotopic (exact) mass is 322 g/mol. The van der Waals surface area contributed by atoms with Crippen molar-refractivity contribution in [2.75, 3.05) is 11.4 Å². The summed E-state index contributed by atoms with van der Waals surface area (Å²) in [7, 11) is 0. The highest BCUT2D eigenvalue weighted by Gasteiger charge is 2.42. The molecule has 0 bridgehead atoms. The van der Waals surface area contributed by atoms with Crippen LogP contribution in [0.3, 0.4) is 0 Å². The molecule has 1 saturated carbocycles. The summed E-state index contributed by atoms with van der Waals surface area (Å²) in [6.07, 6.45) is 3.14. The average molecular weight is 323 g/mol. The zero-order valence-electron chi connectivity index (χ0n) is 12.2. The average Bonchev–Trinajstić information content (AvgIpc) is 3.09. The number of nitrogens with zero attached hydrogens (tertiary/aromatic N) is 1. The number of carbonyl (C=O) groups excluding carboxylic acids is 2. The van der Waals surface area contributed by atoms with Gasteiger partial charge in [-0.2, -0.15) is 0 Å². The summed E-state index contributed by atoms with van der Waals surface area (Å²) in [6.45, 7) is 0.506. The molecular weight excluding hydrogens is 304 g/mol. The summed E-state index contributed by atoms with van der Waals surface area (Å²) in [6, 6.07) is 6.56. The van der Waals surface area contributed by atoms with E-state index in [2.05, 4.69) is 5.32 Å². The maximum absolute atomic E-state index is 12.5. The Bertz CT molecular complexity index is 599. The van der Waals surface area contributed by atoms with Gasteiger partial charge in [-0.1, -0.05) is 23.7 Å². The minimum Gasteiger partial charge on any atom is -0.380 e. The SMILES string of the molecule is O=C1C(NC(=O)C2(O)CCCC2)CCN1c1ccccc1Cl. The summed E-state index contributed by atoms with van der Waals surface area (Å²) in [5.41, 5.74) is -0.650. The third-order valence-electron chi connectivity index (χ3n) is 4.51. The number of amides is 2. The number of hydrogen-bond acceptors (Lipinski definition) is 3. The summed E-state index contributed by atoms with van der Waals surface area (Å²) in [4.78, 5) is 26.3. The molecule has 3 rings (SSSR count). The van der Waals surface area contributed by atoms with Crippen LogP contribution in [0, 0.1) is 0 Å². The molecule has 5 nitrogen and oxygen atoms in total. The number of para-hydroxylation sites is 1. The van der Waals surface area contributed by atoms with E-state index in [0.29, 0.717) is 36.5 Å². The molecule has 1 aliphatic carbocycles. The number of rotatable bonds is 3. The third kappa shape index (κ3) is 2.71. The van der Waals surface area contributed by atoms with Crippen LogP contribution in [0.5, 0.6) is 0 Å². The number of hydrogen-bond donors (Lipinski definition) is 2. The van der Waals surface area contributed by atoms with E-state index in [0.717, 1.165) is 12.8 Å². The minimum absolute atomic E-state index is 0.178. The zero-order chi connectivity index (χ0) is 15.7. The van der Waals surface area contributed by atoms with Crippen molar-refractivity contribution >= 4 is 29.1 Å². The van der Waals surface area contributed by atoms with E-state index in [4.69, 9.17) is 11.6 Å². The van der Waals surface area contributed by atoms with Gasteiger partial charge in [-0.15, -0.1) is 0 Å². The molecule has 2 fully saturated rings. The fourth-order valence-electron chi connectivity index (χ4n) is 3.20. The Hall–Kier alpha value is -1.59. The second-order valence-corrected chi connectivity index (χ2v) is 6.40. The molecule has 2 N–H and O–H groups in total. The Balaban J connectivity index is 1.69. The lowest BCUT2D eigenvalue weighted by Gasteiger charge is -2.23. The number of halogens is 1. The Labute approximate surface area is 134 Å². The van der Waals surface area contributed by atoms with E-state index in [1.807, 2.05) is 6.07 Å². The Morgan fingerprint density at radius 1 is 1.32 bits per heavy atom. The summed E-state index contributed by atoms with van der Waals surface area (Å²) < 4.78 is 0. The molecule has 0 aromatic heterocycles. The van der Waals surface area contributed by atoms with Gasteiger partial charge in [-0.25, -0.2) is 0 Å². The van der Waals surface area contributed by atoms with E-state index < -0.39 is 17.6 Å². The lowest BCUT2D eigenvalue weighted by Crippen LogP contribution is -2.51. The Morgan fingerprint density at radius 3 is 2.68 bits per heavy atom. The van der Waals surface area contributed by atoms with Gasteiger partial charge in [-0.05, 0) is 44.2 Å². The van der Waals surface area contributed by atoms with Crippen LogP contribution in [0.2, 0.25) is 5.02 Å². The number of aliphatic hydroxyl groups is 1. The largest absolute Gasteiger partial charge is 0.380 e. The van der Waals surface area contributed by atoms with E-state index in [1.165, 1.54) is 0 Å². The molecule has 2 aliphatic rings. The molecule has 22 heavy (non-hydrogen) atoms. The van der Waals surface area contributed by atoms with Gasteiger partial charge < -0.3 is 15.3 Å². The van der Waals surface area contributed by atoms with Crippen molar-refractivity contribution in [2.45, 2.75) is 43.7 Å². The van der Waals surface area contributed by atoms with Crippen LogP contribution in [0.15, 0.2) is 24.3 Å². The molecule has 1 atom stereocenters. The molecule has 1 heterocycles. The number of carbonyl (C=O) groups is 2. The summed E-state index contributed by atoms with van der Waals surface area (Å²) in [5.74, 6) is -0.604. The topological polar surface area (TPSA) is 69.6 Å². The van der Waals surface area contributed by atoms with Gasteiger partial charge in [0.05, 0.1) is 10.7 Å². The number of nitrogens with one attached hydrogen (secondary N) is 1. The van der Waals surface area contributed by atoms with Crippen molar-refractivity contribution in [1.82, 2.24) is 5.32 Å². The molecule has 1 aromatic carbocycles. The lowest BCUT2D eigenvalue weighted by molar-refractivity contribution is -0.141. The van der Waals surface area contributed by atoms with Crippen LogP contribution in [-0.2, 0) is 9.59 Å². The van der Waals surface area contributed by atoms with Crippen molar-refractivity contribution in [2.24, 2.45) is 0 Å². The van der Waals surface area contributed by atoms with Gasteiger partial charge in [0, 0.05) is 6.54 Å². The lowest BCUT2D eigenvalue weighted by atomic mass is 10.0. The highest BCUT2D eigenvalue weighted by molar-refractivity contribution is 6.34. The van der Waals surface area contributed by atoms with Gasteiger partial charge in [0.25, 0.3) is 5.91 Å². The quantitative estimate of drug-likeness (QED) is 0.892. The van der Waals surface area contributed by atoms with Gasteiger partial charge >= 0.3 is 0 Å². The normalized spacial score (nSPS) is 23.8. The van der Waals surface area contributed by atoms with Gasteiger partial charge in [0.15, 0.2) is 0 Å². The first-order valence-corrected chi connectivity index (χ1v) is 7.98. The van der Waals surface area contributed by atoms with Crippen molar-refractivity contribution < 1.29 is 14.7 Å². The Morgan fingerprint density at radius 2 is 2.00 bits per heavy atom. The standard InChI is InChI=1S/C16H19ClN2O3/c17-11-5-1-2-6-13(11)19-10-7-12(14(19)20)18-15(21)16(22)8-3-4-9-16/h1-2,5-6,12,22H,3-4,7-10H2,(H,18,21). The second-order valence-electron chi connectivity index (χ2n) is 5.99. The number of anilines is 1. The highest BCUT2D eigenvalue weighted by atomic mass is 35.5. The smallest absolute Gasteiger partial charge is 0.252 e. The summed E-state index contributed by atoms with van der Waals surface area (Å²) in [5, 5.41) is 13.5. The van der Waals surface area contributed by atoms with E-state index >= 15 is 0 Å². The molecule has 0 spiro atoms. The molecule has 1 saturated heterocycles. The zero-order valence-corrected chi connectivity index (χ0v) is 13.0. The van der Waals surface area contributed by atoms with Gasteiger partial charge in [0.1, 0.15) is 11.6 Å². The van der Waals surface area contributed by atoms with E-state index in [1.54, 1.807) is 23.1 Å². The van der Waals surface area contributed by atoms with E-state index in [-0.39, 0.29) is 5.91 Å². The van der Waals surface area contributed by atoms with Crippen molar-refractivity contribution in [3.05, 3.63) is 29.3 Å². The molecule has 6 heteroatoms. The molecule has 1 aromatic rings. The van der Waals surface area contributed by atoms with Gasteiger partial charge in [0.2, 0.25) is 5.91 Å². The van der Waals surface area contributed by atoms with E-state index in [9.17, 15) is 14.7 Å².